The molecule has 3 rings (SSSR count). The molecule has 2 N–H and O–H groups in total. The summed E-state index contributed by atoms with van der Waals surface area (Å²) in [5, 5.41) is 18.5. The number of piperidine rings is 1. The third-order valence-electron chi connectivity index (χ3n) is 5.40. The van der Waals surface area contributed by atoms with Crippen LogP contribution >= 0.6 is 0 Å². The van der Waals surface area contributed by atoms with E-state index >= 15 is 0 Å². The van der Waals surface area contributed by atoms with E-state index in [-0.39, 0.29) is 30.3 Å². The van der Waals surface area contributed by atoms with E-state index in [0.717, 1.165) is 32.2 Å². The lowest BCUT2D eigenvalue weighted by Gasteiger charge is -2.36. The van der Waals surface area contributed by atoms with Crippen LogP contribution in [0.4, 0.5) is 0 Å². The van der Waals surface area contributed by atoms with Gasteiger partial charge in [0.15, 0.2) is 0 Å². The lowest BCUT2D eigenvalue weighted by Crippen LogP contribution is -2.47. The van der Waals surface area contributed by atoms with Gasteiger partial charge in [0.1, 0.15) is 0 Å². The molecule has 1 amide bonds. The van der Waals surface area contributed by atoms with E-state index < -0.39 is 11.9 Å². The topological polar surface area (TPSA) is 77.8 Å². The lowest BCUT2D eigenvalue weighted by molar-refractivity contribution is -0.151. The van der Waals surface area contributed by atoms with Crippen molar-refractivity contribution in [2.45, 2.75) is 25.7 Å². The van der Waals surface area contributed by atoms with E-state index in [1.807, 2.05) is 17.1 Å². The van der Waals surface area contributed by atoms with Crippen molar-refractivity contribution in [3.8, 4) is 0 Å². The number of aliphatic carboxylic acids is 1. The largest absolute Gasteiger partial charge is 0.481 e. The number of rotatable bonds is 4. The standard InChI is InChI=1S/C16H23NO4/c18-7-5-10-2-1-6-17(9-10)15(19)13-11-3-4-12(8-11)14(13)16(20)21/h3-4,10-14,18H,1-2,5-9H2,(H,20,21)/t10?,11?,12?,13-,14+/m0/s1. The van der Waals surface area contributed by atoms with Gasteiger partial charge >= 0.3 is 5.97 Å². The Balaban J connectivity index is 1.72. The first-order chi connectivity index (χ1) is 10.1. The van der Waals surface area contributed by atoms with Crippen molar-refractivity contribution >= 4 is 11.9 Å². The molecule has 0 aromatic carbocycles. The van der Waals surface area contributed by atoms with Gasteiger partial charge in [0.05, 0.1) is 11.8 Å². The SMILES string of the molecule is O=C(O)[C@@H]1C2C=CC(C2)[C@@H]1C(=O)N1CCCC(CCO)C1. The van der Waals surface area contributed by atoms with Crippen LogP contribution in [-0.4, -0.2) is 46.7 Å². The molecule has 2 bridgehead atoms. The number of carboxylic acid groups (broad SMARTS) is 1. The molecule has 116 valence electrons. The van der Waals surface area contributed by atoms with Crippen molar-refractivity contribution in [3.63, 3.8) is 0 Å². The number of nitrogens with zero attached hydrogens (tertiary/aromatic N) is 1. The Labute approximate surface area is 124 Å². The van der Waals surface area contributed by atoms with Crippen LogP contribution in [0.1, 0.15) is 25.7 Å². The van der Waals surface area contributed by atoms with E-state index in [0.29, 0.717) is 12.5 Å². The Hall–Kier alpha value is -1.36. The summed E-state index contributed by atoms with van der Waals surface area (Å²) < 4.78 is 0. The lowest BCUT2D eigenvalue weighted by atomic mass is 9.81. The number of fused-ring (bicyclic) bond motifs is 2. The number of aliphatic hydroxyl groups is 1. The van der Waals surface area contributed by atoms with Crippen molar-refractivity contribution in [1.29, 1.82) is 0 Å². The van der Waals surface area contributed by atoms with Gasteiger partial charge in [0.2, 0.25) is 5.91 Å². The van der Waals surface area contributed by atoms with Crippen LogP contribution in [0.5, 0.6) is 0 Å². The molecule has 5 nitrogen and oxygen atoms in total. The second kappa shape index (κ2) is 5.79. The zero-order valence-electron chi connectivity index (χ0n) is 12.1. The fourth-order valence-electron chi connectivity index (χ4n) is 4.39. The highest BCUT2D eigenvalue weighted by molar-refractivity contribution is 5.87. The van der Waals surface area contributed by atoms with Crippen LogP contribution in [0.25, 0.3) is 0 Å². The Morgan fingerprint density at radius 3 is 2.57 bits per heavy atom. The Morgan fingerprint density at radius 2 is 1.90 bits per heavy atom. The number of aliphatic hydroxyl groups excluding tert-OH is 1. The van der Waals surface area contributed by atoms with Crippen LogP contribution in [0.2, 0.25) is 0 Å². The van der Waals surface area contributed by atoms with Crippen molar-refractivity contribution in [2.24, 2.45) is 29.6 Å². The highest BCUT2D eigenvalue weighted by atomic mass is 16.4. The minimum absolute atomic E-state index is 0.0156. The molecular formula is C16H23NO4. The van der Waals surface area contributed by atoms with Crippen LogP contribution < -0.4 is 0 Å². The molecule has 3 unspecified atom stereocenters. The van der Waals surface area contributed by atoms with Crippen molar-refractivity contribution in [1.82, 2.24) is 4.90 Å². The molecule has 0 spiro atoms. The molecule has 5 atom stereocenters. The average molecular weight is 293 g/mol. The predicted octanol–water partition coefficient (Wildman–Crippen LogP) is 1.13. The molecular weight excluding hydrogens is 270 g/mol. The molecule has 0 aromatic rings. The quantitative estimate of drug-likeness (QED) is 0.762. The van der Waals surface area contributed by atoms with Crippen LogP contribution in [0.15, 0.2) is 12.2 Å². The summed E-state index contributed by atoms with van der Waals surface area (Å²) in [6.45, 7) is 1.55. The van der Waals surface area contributed by atoms with Gasteiger partial charge in [-0.2, -0.15) is 0 Å². The van der Waals surface area contributed by atoms with E-state index in [1.165, 1.54) is 0 Å². The fraction of sp³-hybridized carbons (Fsp3) is 0.750. The number of hydrogen-bond acceptors (Lipinski definition) is 3. The van der Waals surface area contributed by atoms with E-state index in [1.54, 1.807) is 0 Å². The molecule has 3 aliphatic rings. The fourth-order valence-corrected chi connectivity index (χ4v) is 4.39. The summed E-state index contributed by atoms with van der Waals surface area (Å²) >= 11 is 0. The zero-order valence-corrected chi connectivity index (χ0v) is 12.1. The van der Waals surface area contributed by atoms with Gasteiger partial charge in [-0.1, -0.05) is 12.2 Å². The minimum Gasteiger partial charge on any atom is -0.481 e. The summed E-state index contributed by atoms with van der Waals surface area (Å²) in [4.78, 5) is 26.2. The number of carboxylic acids is 1. The number of amides is 1. The van der Waals surface area contributed by atoms with E-state index in [2.05, 4.69) is 0 Å². The van der Waals surface area contributed by atoms with Crippen LogP contribution in [0.3, 0.4) is 0 Å². The molecule has 0 aromatic heterocycles. The molecule has 1 saturated heterocycles. The normalized spacial score (nSPS) is 38.0. The van der Waals surface area contributed by atoms with Gasteiger partial charge in [-0.05, 0) is 43.4 Å². The van der Waals surface area contributed by atoms with Gasteiger partial charge in [0.25, 0.3) is 0 Å². The van der Waals surface area contributed by atoms with Crippen LogP contribution in [0, 0.1) is 29.6 Å². The summed E-state index contributed by atoms with van der Waals surface area (Å²) in [6.07, 6.45) is 7.53. The third kappa shape index (κ3) is 2.59. The molecule has 0 radical (unpaired) electrons. The molecule has 21 heavy (non-hydrogen) atoms. The molecule has 1 saturated carbocycles. The number of carbonyl (C=O) groups excluding carboxylic acids is 1. The first-order valence-corrected chi connectivity index (χ1v) is 7.92. The Morgan fingerprint density at radius 1 is 1.19 bits per heavy atom. The van der Waals surface area contributed by atoms with E-state index in [9.17, 15) is 14.7 Å². The van der Waals surface area contributed by atoms with Gasteiger partial charge in [-0.15, -0.1) is 0 Å². The van der Waals surface area contributed by atoms with Gasteiger partial charge < -0.3 is 15.1 Å². The second-order valence-electron chi connectivity index (χ2n) is 6.64. The van der Waals surface area contributed by atoms with Gasteiger partial charge in [-0.3, -0.25) is 9.59 Å². The summed E-state index contributed by atoms with van der Waals surface area (Å²) in [7, 11) is 0. The molecule has 1 heterocycles. The maximum atomic E-state index is 12.8. The zero-order chi connectivity index (χ0) is 15.0. The van der Waals surface area contributed by atoms with Crippen molar-refractivity contribution < 1.29 is 19.8 Å². The monoisotopic (exact) mass is 293 g/mol. The highest BCUT2D eigenvalue weighted by Gasteiger charge is 2.52. The van der Waals surface area contributed by atoms with Gasteiger partial charge in [0, 0.05) is 19.7 Å². The maximum absolute atomic E-state index is 12.8. The third-order valence-corrected chi connectivity index (χ3v) is 5.40. The number of carbonyl (C=O) groups is 2. The van der Waals surface area contributed by atoms with Crippen molar-refractivity contribution in [2.75, 3.05) is 19.7 Å². The average Bonchev–Trinajstić information content (AvgIpc) is 3.07. The number of allylic oxidation sites excluding steroid dienone is 2. The van der Waals surface area contributed by atoms with Crippen molar-refractivity contribution in [3.05, 3.63) is 12.2 Å². The molecule has 2 fully saturated rings. The molecule has 5 heteroatoms. The summed E-state index contributed by atoms with van der Waals surface area (Å²) in [5.74, 6) is -1.28. The smallest absolute Gasteiger partial charge is 0.307 e. The Kier molecular flexibility index (Phi) is 4.02. The first-order valence-electron chi connectivity index (χ1n) is 7.92. The van der Waals surface area contributed by atoms with Crippen LogP contribution in [-0.2, 0) is 9.59 Å². The number of likely N-dealkylation sites (tertiary alicyclic amines) is 1. The second-order valence-corrected chi connectivity index (χ2v) is 6.64. The Bertz CT molecular complexity index is 459. The summed E-state index contributed by atoms with van der Waals surface area (Å²) in [6, 6.07) is 0. The first kappa shape index (κ1) is 14.6. The maximum Gasteiger partial charge on any atom is 0.307 e. The number of hydrogen-bond donors (Lipinski definition) is 2. The molecule has 2 aliphatic carbocycles. The highest BCUT2D eigenvalue weighted by Crippen LogP contribution is 2.49. The minimum atomic E-state index is -0.839. The summed E-state index contributed by atoms with van der Waals surface area (Å²) in [5.41, 5.74) is 0. The molecule has 1 aliphatic heterocycles. The predicted molar refractivity (Wildman–Crippen MR) is 76.4 cm³/mol. The van der Waals surface area contributed by atoms with Gasteiger partial charge in [-0.25, -0.2) is 0 Å². The van der Waals surface area contributed by atoms with E-state index in [4.69, 9.17) is 5.11 Å².